The van der Waals surface area contributed by atoms with Crippen molar-refractivity contribution in [2.24, 2.45) is 0 Å². The normalized spacial score (nSPS) is 11.4. The number of allylic oxidation sites excluding steroid dienone is 2. The smallest absolute Gasteiger partial charge is 0.188 e. The fourth-order valence-electron chi connectivity index (χ4n) is 1.48. The predicted octanol–water partition coefficient (Wildman–Crippen LogP) is 3.89. The van der Waals surface area contributed by atoms with Crippen molar-refractivity contribution < 1.29 is 9.53 Å². The molecule has 0 spiro atoms. The van der Waals surface area contributed by atoms with E-state index >= 15 is 0 Å². The van der Waals surface area contributed by atoms with E-state index < -0.39 is 0 Å². The lowest BCUT2D eigenvalue weighted by atomic mass is 10.0. The molecule has 0 unspecified atom stereocenters. The zero-order valence-electron chi connectivity index (χ0n) is 9.71. The summed E-state index contributed by atoms with van der Waals surface area (Å²) < 4.78 is 5.08. The van der Waals surface area contributed by atoms with Gasteiger partial charge in [0.15, 0.2) is 5.78 Å². The fraction of sp³-hybridized carbons (Fsp3) is 0.308. The summed E-state index contributed by atoms with van der Waals surface area (Å²) in [5.74, 6) is 0.555. The third-order valence-corrected chi connectivity index (χ3v) is 2.75. The Morgan fingerprint density at radius 1 is 1.50 bits per heavy atom. The summed E-state index contributed by atoms with van der Waals surface area (Å²) >= 11 is 5.90. The summed E-state index contributed by atoms with van der Waals surface area (Å²) in [6.45, 7) is 3.82. The van der Waals surface area contributed by atoms with Crippen molar-refractivity contribution in [1.29, 1.82) is 0 Å². The van der Waals surface area contributed by atoms with Gasteiger partial charge in [0, 0.05) is 5.56 Å². The third kappa shape index (κ3) is 2.64. The lowest BCUT2D eigenvalue weighted by molar-refractivity contribution is 0.103. The van der Waals surface area contributed by atoms with E-state index in [0.717, 1.165) is 12.0 Å². The van der Waals surface area contributed by atoms with Crippen LogP contribution in [-0.2, 0) is 0 Å². The van der Waals surface area contributed by atoms with Crippen LogP contribution >= 0.6 is 11.6 Å². The van der Waals surface area contributed by atoms with Crippen LogP contribution in [0.4, 0.5) is 0 Å². The molecule has 1 aromatic rings. The van der Waals surface area contributed by atoms with Crippen molar-refractivity contribution in [2.45, 2.75) is 20.3 Å². The molecule has 0 N–H and O–H groups in total. The van der Waals surface area contributed by atoms with Gasteiger partial charge in [0.25, 0.3) is 0 Å². The van der Waals surface area contributed by atoms with Crippen LogP contribution in [0.5, 0.6) is 5.75 Å². The number of ether oxygens (including phenoxy) is 1. The molecule has 86 valence electrons. The first-order chi connectivity index (χ1) is 7.63. The van der Waals surface area contributed by atoms with Crippen LogP contribution in [0.1, 0.15) is 30.6 Å². The number of rotatable bonds is 4. The molecule has 0 bridgehead atoms. The number of methoxy groups -OCH3 is 1. The Labute approximate surface area is 101 Å². The van der Waals surface area contributed by atoms with Gasteiger partial charge in [0.05, 0.1) is 12.1 Å². The van der Waals surface area contributed by atoms with Gasteiger partial charge in [-0.2, -0.15) is 0 Å². The van der Waals surface area contributed by atoms with Crippen molar-refractivity contribution in [3.05, 3.63) is 40.4 Å². The molecule has 3 heteroatoms. The Balaban J connectivity index is 3.10. The van der Waals surface area contributed by atoms with Crippen LogP contribution in [0.3, 0.4) is 0 Å². The molecule has 0 aliphatic rings. The van der Waals surface area contributed by atoms with Crippen molar-refractivity contribution >= 4 is 17.4 Å². The largest absolute Gasteiger partial charge is 0.495 e. The lowest BCUT2D eigenvalue weighted by Gasteiger charge is -2.07. The van der Waals surface area contributed by atoms with Gasteiger partial charge in [-0.05, 0) is 37.1 Å². The van der Waals surface area contributed by atoms with Crippen LogP contribution in [0.15, 0.2) is 29.8 Å². The standard InChI is InChI=1S/C13H15ClO2/c1-4-9(5-2)13(15)10-6-7-11(14)12(8-10)16-3/h4,6-8H,5H2,1-3H3/b9-4-. The monoisotopic (exact) mass is 238 g/mol. The second-order valence-electron chi connectivity index (χ2n) is 3.35. The predicted molar refractivity (Wildman–Crippen MR) is 66.4 cm³/mol. The highest BCUT2D eigenvalue weighted by atomic mass is 35.5. The van der Waals surface area contributed by atoms with Gasteiger partial charge in [0.1, 0.15) is 5.75 Å². The number of Topliss-reactive ketones (excluding diaryl/α,β-unsaturated/α-hetero) is 1. The minimum atomic E-state index is 0.0277. The summed E-state index contributed by atoms with van der Waals surface area (Å²) in [6.07, 6.45) is 2.56. The number of ketones is 1. The lowest BCUT2D eigenvalue weighted by Crippen LogP contribution is -2.03. The van der Waals surface area contributed by atoms with E-state index in [1.807, 2.05) is 19.9 Å². The van der Waals surface area contributed by atoms with Crippen molar-refractivity contribution in [3.63, 3.8) is 0 Å². The molecule has 16 heavy (non-hydrogen) atoms. The van der Waals surface area contributed by atoms with E-state index in [2.05, 4.69) is 0 Å². The van der Waals surface area contributed by atoms with Gasteiger partial charge in [-0.15, -0.1) is 0 Å². The van der Waals surface area contributed by atoms with E-state index in [0.29, 0.717) is 16.3 Å². The van der Waals surface area contributed by atoms with Gasteiger partial charge < -0.3 is 4.74 Å². The second-order valence-corrected chi connectivity index (χ2v) is 3.75. The molecule has 0 amide bonds. The first kappa shape index (κ1) is 12.8. The zero-order valence-corrected chi connectivity index (χ0v) is 10.5. The van der Waals surface area contributed by atoms with Crippen LogP contribution in [0, 0.1) is 0 Å². The molecule has 1 aromatic carbocycles. The van der Waals surface area contributed by atoms with Gasteiger partial charge in [-0.25, -0.2) is 0 Å². The quantitative estimate of drug-likeness (QED) is 0.588. The van der Waals surface area contributed by atoms with E-state index in [9.17, 15) is 4.79 Å². The number of carbonyl (C=O) groups excluding carboxylic acids is 1. The van der Waals surface area contributed by atoms with E-state index in [4.69, 9.17) is 16.3 Å². The Bertz CT molecular complexity index is 422. The molecule has 0 aliphatic carbocycles. The number of hydrogen-bond donors (Lipinski definition) is 0. The van der Waals surface area contributed by atoms with Gasteiger partial charge in [0.2, 0.25) is 0 Å². The maximum atomic E-state index is 12.0. The minimum Gasteiger partial charge on any atom is -0.495 e. The first-order valence-corrected chi connectivity index (χ1v) is 5.55. The molecule has 0 aliphatic heterocycles. The molecule has 0 saturated carbocycles. The third-order valence-electron chi connectivity index (χ3n) is 2.43. The minimum absolute atomic E-state index is 0.0277. The molecule has 0 radical (unpaired) electrons. The van der Waals surface area contributed by atoms with Crippen LogP contribution < -0.4 is 4.74 Å². The number of halogens is 1. The topological polar surface area (TPSA) is 26.3 Å². The van der Waals surface area contributed by atoms with Crippen molar-refractivity contribution in [3.8, 4) is 5.75 Å². The Morgan fingerprint density at radius 2 is 2.19 bits per heavy atom. The fourth-order valence-corrected chi connectivity index (χ4v) is 1.68. The van der Waals surface area contributed by atoms with Gasteiger partial charge >= 0.3 is 0 Å². The number of carbonyl (C=O) groups is 1. The van der Waals surface area contributed by atoms with Gasteiger partial charge in [-0.3, -0.25) is 4.79 Å². The van der Waals surface area contributed by atoms with Crippen molar-refractivity contribution in [2.75, 3.05) is 7.11 Å². The van der Waals surface area contributed by atoms with Crippen LogP contribution in [-0.4, -0.2) is 12.9 Å². The molecular formula is C13H15ClO2. The Kier molecular flexibility index (Phi) is 4.56. The van der Waals surface area contributed by atoms with Crippen LogP contribution in [0.2, 0.25) is 5.02 Å². The maximum Gasteiger partial charge on any atom is 0.188 e. The second kappa shape index (κ2) is 5.71. The summed E-state index contributed by atoms with van der Waals surface area (Å²) in [4.78, 5) is 12.0. The highest BCUT2D eigenvalue weighted by molar-refractivity contribution is 6.32. The average molecular weight is 239 g/mol. The summed E-state index contributed by atoms with van der Waals surface area (Å²) in [7, 11) is 1.53. The molecule has 0 fully saturated rings. The number of benzene rings is 1. The first-order valence-electron chi connectivity index (χ1n) is 5.17. The highest BCUT2D eigenvalue weighted by Gasteiger charge is 2.12. The zero-order chi connectivity index (χ0) is 12.1. The SMILES string of the molecule is C/C=C(/CC)C(=O)c1ccc(Cl)c(OC)c1. The van der Waals surface area contributed by atoms with Crippen molar-refractivity contribution in [1.82, 2.24) is 0 Å². The molecule has 0 heterocycles. The summed E-state index contributed by atoms with van der Waals surface area (Å²) in [6, 6.07) is 5.06. The Hall–Kier alpha value is -1.28. The number of hydrogen-bond acceptors (Lipinski definition) is 2. The molecule has 0 atom stereocenters. The maximum absolute atomic E-state index is 12.0. The van der Waals surface area contributed by atoms with Crippen LogP contribution in [0.25, 0.3) is 0 Å². The van der Waals surface area contributed by atoms with Gasteiger partial charge in [-0.1, -0.05) is 24.6 Å². The molecular weight excluding hydrogens is 224 g/mol. The molecule has 1 rings (SSSR count). The molecule has 0 saturated heterocycles. The molecule has 2 nitrogen and oxygen atoms in total. The van der Waals surface area contributed by atoms with E-state index in [1.165, 1.54) is 7.11 Å². The van der Waals surface area contributed by atoms with E-state index in [-0.39, 0.29) is 5.78 Å². The summed E-state index contributed by atoms with van der Waals surface area (Å²) in [5, 5.41) is 0.512. The Morgan fingerprint density at radius 3 is 2.69 bits per heavy atom. The average Bonchev–Trinajstić information content (AvgIpc) is 2.31. The summed E-state index contributed by atoms with van der Waals surface area (Å²) in [5.41, 5.74) is 1.40. The van der Waals surface area contributed by atoms with E-state index in [1.54, 1.807) is 18.2 Å². The molecule has 0 aromatic heterocycles. The highest BCUT2D eigenvalue weighted by Crippen LogP contribution is 2.26.